The molecule has 0 aliphatic carbocycles. The van der Waals surface area contributed by atoms with Crippen LogP contribution in [0.4, 0.5) is 0 Å². The summed E-state index contributed by atoms with van der Waals surface area (Å²) in [6, 6.07) is 9.79. The zero-order valence-corrected chi connectivity index (χ0v) is 9.98. The Morgan fingerprint density at radius 2 is 2.00 bits per heavy atom. The van der Waals surface area contributed by atoms with Crippen LogP contribution in [0.3, 0.4) is 0 Å². The average molecular weight is 247 g/mol. The molecular weight excluding hydrogens is 234 g/mol. The minimum Gasteiger partial charge on any atom is -0.508 e. The molecule has 1 heterocycles. The van der Waals surface area contributed by atoms with E-state index in [0.717, 1.165) is 10.4 Å². The number of aromatic hydroxyl groups is 1. The molecular formula is C13H13NO2S. The summed E-state index contributed by atoms with van der Waals surface area (Å²) in [7, 11) is 0. The van der Waals surface area contributed by atoms with Crippen LogP contribution in [0.25, 0.3) is 0 Å². The Hall–Kier alpha value is -1.65. The maximum absolute atomic E-state index is 11.9. The van der Waals surface area contributed by atoms with Gasteiger partial charge in [-0.25, -0.2) is 0 Å². The number of Topliss-reactive ketones (excluding diaryl/α,β-unsaturated/α-hetero) is 1. The first-order valence-corrected chi connectivity index (χ1v) is 6.14. The van der Waals surface area contributed by atoms with E-state index in [9.17, 15) is 4.79 Å². The van der Waals surface area contributed by atoms with Crippen molar-refractivity contribution in [1.29, 1.82) is 0 Å². The first-order valence-electron chi connectivity index (χ1n) is 5.26. The van der Waals surface area contributed by atoms with Crippen molar-refractivity contribution in [3.63, 3.8) is 0 Å². The average Bonchev–Trinajstić information content (AvgIpc) is 2.84. The predicted octanol–water partition coefficient (Wildman–Crippen LogP) is 2.27. The summed E-state index contributed by atoms with van der Waals surface area (Å²) in [6.45, 7) is 0. The molecule has 0 spiro atoms. The molecule has 1 atom stereocenters. The summed E-state index contributed by atoms with van der Waals surface area (Å²) in [4.78, 5) is 12.8. The molecule has 0 bridgehead atoms. The second-order valence-electron chi connectivity index (χ2n) is 3.80. The van der Waals surface area contributed by atoms with Crippen LogP contribution in [0.15, 0.2) is 41.8 Å². The molecule has 0 radical (unpaired) electrons. The highest BCUT2D eigenvalue weighted by atomic mass is 32.1. The minimum absolute atomic E-state index is 0.0156. The third-order valence-electron chi connectivity index (χ3n) is 2.51. The number of phenols is 1. The van der Waals surface area contributed by atoms with Crippen molar-refractivity contribution < 1.29 is 9.90 Å². The summed E-state index contributed by atoms with van der Waals surface area (Å²) < 4.78 is 0. The highest BCUT2D eigenvalue weighted by Gasteiger charge is 2.16. The summed E-state index contributed by atoms with van der Waals surface area (Å²) in [5, 5.41) is 11.0. The number of hydrogen-bond acceptors (Lipinski definition) is 4. The van der Waals surface area contributed by atoms with Crippen LogP contribution in [0.1, 0.15) is 16.5 Å². The predicted molar refractivity (Wildman–Crippen MR) is 68.1 cm³/mol. The lowest BCUT2D eigenvalue weighted by atomic mass is 10.0. The van der Waals surface area contributed by atoms with E-state index in [0.29, 0.717) is 6.42 Å². The summed E-state index contributed by atoms with van der Waals surface area (Å²) >= 11 is 1.49. The van der Waals surface area contributed by atoms with Crippen molar-refractivity contribution in [2.75, 3.05) is 0 Å². The maximum atomic E-state index is 11.9. The van der Waals surface area contributed by atoms with Crippen molar-refractivity contribution >= 4 is 17.1 Å². The molecule has 0 saturated heterocycles. The van der Waals surface area contributed by atoms with E-state index in [-0.39, 0.29) is 11.5 Å². The van der Waals surface area contributed by atoms with Crippen LogP contribution in [-0.2, 0) is 11.2 Å². The van der Waals surface area contributed by atoms with Gasteiger partial charge >= 0.3 is 0 Å². The number of hydrogen-bond donors (Lipinski definition) is 2. The Morgan fingerprint density at radius 3 is 2.59 bits per heavy atom. The van der Waals surface area contributed by atoms with Crippen LogP contribution >= 0.6 is 11.3 Å². The van der Waals surface area contributed by atoms with Gasteiger partial charge in [0, 0.05) is 11.3 Å². The van der Waals surface area contributed by atoms with Crippen molar-refractivity contribution in [2.24, 2.45) is 5.73 Å². The fourth-order valence-corrected chi connectivity index (χ4v) is 2.30. The lowest BCUT2D eigenvalue weighted by Crippen LogP contribution is -2.22. The summed E-state index contributed by atoms with van der Waals surface area (Å²) in [6.07, 6.45) is 0.291. The second-order valence-corrected chi connectivity index (χ2v) is 4.78. The Morgan fingerprint density at radius 1 is 1.29 bits per heavy atom. The fourth-order valence-electron chi connectivity index (χ4n) is 1.55. The number of benzene rings is 1. The summed E-state index contributed by atoms with van der Waals surface area (Å²) in [5.41, 5.74) is 6.73. The van der Waals surface area contributed by atoms with E-state index in [1.54, 1.807) is 24.3 Å². The molecule has 3 nitrogen and oxygen atoms in total. The topological polar surface area (TPSA) is 63.3 Å². The number of carbonyl (C=O) groups is 1. The van der Waals surface area contributed by atoms with Crippen LogP contribution in [-0.4, -0.2) is 10.9 Å². The van der Waals surface area contributed by atoms with Gasteiger partial charge in [-0.1, -0.05) is 18.2 Å². The van der Waals surface area contributed by atoms with Gasteiger partial charge in [0.15, 0.2) is 5.78 Å². The largest absolute Gasteiger partial charge is 0.508 e. The van der Waals surface area contributed by atoms with Gasteiger partial charge in [-0.3, -0.25) is 4.79 Å². The van der Waals surface area contributed by atoms with E-state index in [2.05, 4.69) is 0 Å². The van der Waals surface area contributed by atoms with Crippen molar-refractivity contribution in [2.45, 2.75) is 12.5 Å². The third kappa shape index (κ3) is 2.93. The highest BCUT2D eigenvalue weighted by Crippen LogP contribution is 2.19. The lowest BCUT2D eigenvalue weighted by molar-refractivity contribution is -0.119. The molecule has 2 aromatic rings. The molecule has 88 valence electrons. The van der Waals surface area contributed by atoms with Crippen molar-refractivity contribution in [1.82, 2.24) is 0 Å². The minimum atomic E-state index is -0.552. The van der Waals surface area contributed by atoms with E-state index in [1.807, 2.05) is 17.5 Å². The molecule has 2 rings (SSSR count). The van der Waals surface area contributed by atoms with Gasteiger partial charge in [0.25, 0.3) is 0 Å². The summed E-state index contributed by atoms with van der Waals surface area (Å²) in [5.74, 6) is 0.182. The number of nitrogens with two attached hydrogens (primary N) is 1. The van der Waals surface area contributed by atoms with Gasteiger partial charge in [-0.15, -0.1) is 11.3 Å². The molecule has 1 aromatic carbocycles. The quantitative estimate of drug-likeness (QED) is 0.871. The standard InChI is InChI=1S/C13H13NO2S/c14-13(12-2-1-7-17-12)11(16)8-9-3-5-10(15)6-4-9/h1-7,13,15H,8,14H2. The zero-order valence-electron chi connectivity index (χ0n) is 9.17. The molecule has 0 fully saturated rings. The molecule has 1 aromatic heterocycles. The number of carbonyl (C=O) groups excluding carboxylic acids is 1. The molecule has 1 unspecified atom stereocenters. The van der Waals surface area contributed by atoms with Crippen LogP contribution in [0.5, 0.6) is 5.75 Å². The first kappa shape index (κ1) is 11.8. The van der Waals surface area contributed by atoms with E-state index >= 15 is 0 Å². The Labute approximate surface area is 104 Å². The van der Waals surface area contributed by atoms with Gasteiger partial charge in [-0.05, 0) is 29.1 Å². The first-order chi connectivity index (χ1) is 8.16. The van der Waals surface area contributed by atoms with Crippen LogP contribution in [0, 0.1) is 0 Å². The van der Waals surface area contributed by atoms with Gasteiger partial charge in [0.2, 0.25) is 0 Å². The van der Waals surface area contributed by atoms with E-state index in [1.165, 1.54) is 11.3 Å². The molecule has 0 saturated carbocycles. The zero-order chi connectivity index (χ0) is 12.3. The molecule has 3 N–H and O–H groups in total. The van der Waals surface area contributed by atoms with E-state index < -0.39 is 6.04 Å². The van der Waals surface area contributed by atoms with Gasteiger partial charge in [0.1, 0.15) is 5.75 Å². The normalized spacial score (nSPS) is 12.3. The number of thiophene rings is 1. The SMILES string of the molecule is NC(C(=O)Cc1ccc(O)cc1)c1cccs1. The number of rotatable bonds is 4. The van der Waals surface area contributed by atoms with Gasteiger partial charge in [-0.2, -0.15) is 0 Å². The monoisotopic (exact) mass is 247 g/mol. The van der Waals surface area contributed by atoms with Crippen molar-refractivity contribution in [3.05, 3.63) is 52.2 Å². The molecule has 0 amide bonds. The van der Waals surface area contributed by atoms with E-state index in [4.69, 9.17) is 10.8 Å². The Balaban J connectivity index is 2.04. The van der Waals surface area contributed by atoms with Crippen molar-refractivity contribution in [3.8, 4) is 5.75 Å². The number of ketones is 1. The van der Waals surface area contributed by atoms with Gasteiger partial charge in [0.05, 0.1) is 6.04 Å². The second kappa shape index (κ2) is 5.12. The maximum Gasteiger partial charge on any atom is 0.159 e. The molecule has 0 aliphatic heterocycles. The highest BCUT2D eigenvalue weighted by molar-refractivity contribution is 7.10. The smallest absolute Gasteiger partial charge is 0.159 e. The van der Waals surface area contributed by atoms with Gasteiger partial charge < -0.3 is 10.8 Å². The lowest BCUT2D eigenvalue weighted by Gasteiger charge is -2.08. The van der Waals surface area contributed by atoms with Crippen LogP contribution in [0.2, 0.25) is 0 Å². The number of phenolic OH excluding ortho intramolecular Hbond substituents is 1. The Kier molecular flexibility index (Phi) is 3.56. The molecule has 17 heavy (non-hydrogen) atoms. The third-order valence-corrected chi connectivity index (χ3v) is 3.47. The fraction of sp³-hybridized carbons (Fsp3) is 0.154. The Bertz CT molecular complexity index is 491. The van der Waals surface area contributed by atoms with Crippen LogP contribution < -0.4 is 5.73 Å². The molecule has 0 aliphatic rings. The molecule has 4 heteroatoms.